The zero-order valence-corrected chi connectivity index (χ0v) is 13.3. The lowest BCUT2D eigenvalue weighted by Crippen LogP contribution is -2.25. The molecule has 0 aliphatic heterocycles. The van der Waals surface area contributed by atoms with Crippen molar-refractivity contribution in [3.63, 3.8) is 0 Å². The molecule has 3 aromatic rings. The Bertz CT molecular complexity index is 807. The van der Waals surface area contributed by atoms with Gasteiger partial charge in [-0.2, -0.15) is 0 Å². The Morgan fingerprint density at radius 3 is 2.91 bits per heavy atom. The van der Waals surface area contributed by atoms with E-state index in [1.807, 2.05) is 18.2 Å². The lowest BCUT2D eigenvalue weighted by atomic mass is 10.0. The van der Waals surface area contributed by atoms with E-state index in [0.29, 0.717) is 13.0 Å². The van der Waals surface area contributed by atoms with Crippen LogP contribution in [0.5, 0.6) is 0 Å². The topological polar surface area (TPSA) is 57.8 Å². The van der Waals surface area contributed by atoms with Crippen molar-refractivity contribution in [1.29, 1.82) is 0 Å². The smallest absolute Gasteiger partial charge is 0.220 e. The first kappa shape index (κ1) is 15.3. The Labute approximate surface area is 136 Å². The second-order valence-corrected chi connectivity index (χ2v) is 5.78. The number of H-pyrrole nitrogens is 1. The predicted molar refractivity (Wildman–Crippen MR) is 92.3 cm³/mol. The lowest BCUT2D eigenvalue weighted by Gasteiger charge is -2.07. The first-order chi connectivity index (χ1) is 11.2. The van der Waals surface area contributed by atoms with Crippen molar-refractivity contribution in [2.24, 2.45) is 0 Å². The number of rotatable bonds is 6. The maximum absolute atomic E-state index is 12.0. The van der Waals surface area contributed by atoms with Crippen LogP contribution in [0.1, 0.15) is 23.1 Å². The second kappa shape index (κ2) is 7.09. The van der Waals surface area contributed by atoms with Crippen molar-refractivity contribution in [2.45, 2.75) is 26.2 Å². The fraction of sp³-hybridized carbons (Fsp3) is 0.263. The number of nitrogens with one attached hydrogen (secondary N) is 2. The highest BCUT2D eigenvalue weighted by atomic mass is 16.1. The summed E-state index contributed by atoms with van der Waals surface area (Å²) in [5.41, 5.74) is 5.69. The highest BCUT2D eigenvalue weighted by Crippen LogP contribution is 2.12. The standard InChI is InChI=1S/C19H21N3O/c1-14-4-2-3-5-16(14)7-9-19(23)20-11-10-15-6-8-17-18(12-15)22-13-21-17/h2-6,8,12-13H,7,9-11H2,1H3,(H,20,23)(H,21,22). The van der Waals surface area contributed by atoms with Crippen LogP contribution < -0.4 is 5.32 Å². The van der Waals surface area contributed by atoms with Gasteiger partial charge in [-0.05, 0) is 48.6 Å². The minimum Gasteiger partial charge on any atom is -0.356 e. The number of aryl methyl sites for hydroxylation is 2. The molecule has 2 N–H and O–H groups in total. The maximum atomic E-state index is 12.0. The number of carbonyl (C=O) groups excluding carboxylic acids is 1. The van der Waals surface area contributed by atoms with Gasteiger partial charge in [-0.1, -0.05) is 30.3 Å². The van der Waals surface area contributed by atoms with Crippen LogP contribution in [-0.4, -0.2) is 22.4 Å². The predicted octanol–water partition coefficient (Wildman–Crippen LogP) is 3.16. The van der Waals surface area contributed by atoms with E-state index in [2.05, 4.69) is 46.5 Å². The van der Waals surface area contributed by atoms with Crippen LogP contribution in [0.15, 0.2) is 48.8 Å². The van der Waals surface area contributed by atoms with E-state index in [0.717, 1.165) is 23.9 Å². The number of benzene rings is 2. The molecule has 0 aliphatic carbocycles. The van der Waals surface area contributed by atoms with Gasteiger partial charge in [-0.25, -0.2) is 4.98 Å². The molecule has 0 fully saturated rings. The number of fused-ring (bicyclic) bond motifs is 1. The summed E-state index contributed by atoms with van der Waals surface area (Å²) in [6.45, 7) is 2.74. The molecule has 1 heterocycles. The van der Waals surface area contributed by atoms with Gasteiger partial charge in [-0.15, -0.1) is 0 Å². The summed E-state index contributed by atoms with van der Waals surface area (Å²) in [4.78, 5) is 19.3. The number of hydrogen-bond acceptors (Lipinski definition) is 2. The minimum absolute atomic E-state index is 0.107. The van der Waals surface area contributed by atoms with E-state index in [9.17, 15) is 4.79 Å². The summed E-state index contributed by atoms with van der Waals surface area (Å²) < 4.78 is 0. The number of aromatic amines is 1. The molecule has 0 spiro atoms. The lowest BCUT2D eigenvalue weighted by molar-refractivity contribution is -0.121. The van der Waals surface area contributed by atoms with Crippen LogP contribution in [0.3, 0.4) is 0 Å². The van der Waals surface area contributed by atoms with Gasteiger partial charge in [0, 0.05) is 13.0 Å². The third-order valence-electron chi connectivity index (χ3n) is 4.10. The Kier molecular flexibility index (Phi) is 4.71. The fourth-order valence-corrected chi connectivity index (χ4v) is 2.71. The van der Waals surface area contributed by atoms with Crippen molar-refractivity contribution in [2.75, 3.05) is 6.54 Å². The molecule has 0 saturated heterocycles. The molecule has 1 aromatic heterocycles. The molecule has 0 bridgehead atoms. The highest BCUT2D eigenvalue weighted by Gasteiger charge is 2.04. The normalized spacial score (nSPS) is 10.8. The molecule has 118 valence electrons. The number of imidazole rings is 1. The van der Waals surface area contributed by atoms with Crippen molar-refractivity contribution >= 4 is 16.9 Å². The number of carbonyl (C=O) groups is 1. The van der Waals surface area contributed by atoms with Crippen molar-refractivity contribution < 1.29 is 4.79 Å². The number of nitrogens with zero attached hydrogens (tertiary/aromatic N) is 1. The number of amides is 1. The van der Waals surface area contributed by atoms with E-state index in [-0.39, 0.29) is 5.91 Å². The third-order valence-corrected chi connectivity index (χ3v) is 4.10. The molecule has 23 heavy (non-hydrogen) atoms. The van der Waals surface area contributed by atoms with Crippen LogP contribution in [0.25, 0.3) is 11.0 Å². The third kappa shape index (κ3) is 3.97. The van der Waals surface area contributed by atoms with Gasteiger partial charge in [0.05, 0.1) is 17.4 Å². The van der Waals surface area contributed by atoms with Gasteiger partial charge in [0.1, 0.15) is 0 Å². The van der Waals surface area contributed by atoms with Crippen molar-refractivity contribution in [3.05, 3.63) is 65.5 Å². The quantitative estimate of drug-likeness (QED) is 0.735. The van der Waals surface area contributed by atoms with Crippen LogP contribution in [0.4, 0.5) is 0 Å². The van der Waals surface area contributed by atoms with Gasteiger partial charge < -0.3 is 10.3 Å². The van der Waals surface area contributed by atoms with Gasteiger partial charge in [-0.3, -0.25) is 4.79 Å². The van der Waals surface area contributed by atoms with Crippen molar-refractivity contribution in [1.82, 2.24) is 15.3 Å². The summed E-state index contributed by atoms with van der Waals surface area (Å²) in [5, 5.41) is 3.00. The molecular weight excluding hydrogens is 286 g/mol. The Morgan fingerprint density at radius 1 is 1.17 bits per heavy atom. The van der Waals surface area contributed by atoms with E-state index < -0.39 is 0 Å². The van der Waals surface area contributed by atoms with Gasteiger partial charge >= 0.3 is 0 Å². The molecule has 0 unspecified atom stereocenters. The second-order valence-electron chi connectivity index (χ2n) is 5.78. The molecule has 3 rings (SSSR count). The fourth-order valence-electron chi connectivity index (χ4n) is 2.71. The first-order valence-electron chi connectivity index (χ1n) is 7.95. The van der Waals surface area contributed by atoms with E-state index in [4.69, 9.17) is 0 Å². The molecule has 1 amide bonds. The minimum atomic E-state index is 0.107. The summed E-state index contributed by atoms with van der Waals surface area (Å²) in [5.74, 6) is 0.107. The first-order valence-corrected chi connectivity index (χ1v) is 7.95. The zero-order valence-electron chi connectivity index (χ0n) is 13.3. The van der Waals surface area contributed by atoms with Crippen LogP contribution >= 0.6 is 0 Å². The number of aromatic nitrogens is 2. The number of hydrogen-bond donors (Lipinski definition) is 2. The zero-order chi connectivity index (χ0) is 16.1. The van der Waals surface area contributed by atoms with Crippen LogP contribution in [0, 0.1) is 6.92 Å². The molecular formula is C19H21N3O. The summed E-state index contributed by atoms with van der Waals surface area (Å²) in [6.07, 6.45) is 3.84. The van der Waals surface area contributed by atoms with Crippen LogP contribution in [0.2, 0.25) is 0 Å². The SMILES string of the molecule is Cc1ccccc1CCC(=O)NCCc1ccc2nc[nH]c2c1. The Hall–Kier alpha value is -2.62. The van der Waals surface area contributed by atoms with Crippen LogP contribution in [-0.2, 0) is 17.6 Å². The van der Waals surface area contributed by atoms with E-state index in [1.165, 1.54) is 16.7 Å². The molecule has 0 aliphatic rings. The van der Waals surface area contributed by atoms with Gasteiger partial charge in [0.15, 0.2) is 0 Å². The van der Waals surface area contributed by atoms with E-state index in [1.54, 1.807) is 6.33 Å². The molecule has 0 atom stereocenters. The molecule has 4 heteroatoms. The molecule has 4 nitrogen and oxygen atoms in total. The maximum Gasteiger partial charge on any atom is 0.220 e. The molecule has 2 aromatic carbocycles. The largest absolute Gasteiger partial charge is 0.356 e. The summed E-state index contributed by atoms with van der Waals surface area (Å²) in [7, 11) is 0. The molecule has 0 radical (unpaired) electrons. The van der Waals surface area contributed by atoms with Crippen molar-refractivity contribution in [3.8, 4) is 0 Å². The Balaban J connectivity index is 1.44. The van der Waals surface area contributed by atoms with E-state index >= 15 is 0 Å². The average molecular weight is 307 g/mol. The summed E-state index contributed by atoms with van der Waals surface area (Å²) in [6, 6.07) is 14.4. The highest BCUT2D eigenvalue weighted by molar-refractivity contribution is 5.76. The monoisotopic (exact) mass is 307 g/mol. The average Bonchev–Trinajstić information content (AvgIpc) is 3.02. The van der Waals surface area contributed by atoms with Gasteiger partial charge in [0.2, 0.25) is 5.91 Å². The summed E-state index contributed by atoms with van der Waals surface area (Å²) >= 11 is 0. The molecule has 0 saturated carbocycles. The Morgan fingerprint density at radius 2 is 2.04 bits per heavy atom. The van der Waals surface area contributed by atoms with Gasteiger partial charge in [0.25, 0.3) is 0 Å².